The number of carbonyl (C=O) groups is 2. The average Bonchev–Trinajstić information content (AvgIpc) is 2.43. The molecule has 0 saturated heterocycles. The summed E-state index contributed by atoms with van der Waals surface area (Å²) in [7, 11) is 3.02. The van der Waals surface area contributed by atoms with Gasteiger partial charge in [-0.15, -0.1) is 0 Å². The summed E-state index contributed by atoms with van der Waals surface area (Å²) in [6.07, 6.45) is 0. The van der Waals surface area contributed by atoms with Crippen molar-refractivity contribution in [3.05, 3.63) is 23.8 Å². The lowest BCUT2D eigenvalue weighted by Crippen LogP contribution is -2.45. The van der Waals surface area contributed by atoms with Crippen LogP contribution in [0.4, 0.5) is 0 Å². The van der Waals surface area contributed by atoms with Gasteiger partial charge >= 0.3 is 5.97 Å². The molecule has 0 fully saturated rings. The highest BCUT2D eigenvalue weighted by molar-refractivity contribution is 6.00. The summed E-state index contributed by atoms with van der Waals surface area (Å²) in [6.45, 7) is 0.153. The van der Waals surface area contributed by atoms with Crippen molar-refractivity contribution >= 4 is 11.9 Å². The quantitative estimate of drug-likeness (QED) is 0.612. The number of carboxylic acids is 1. The molecule has 0 aliphatic carbocycles. The lowest BCUT2D eigenvalue weighted by molar-refractivity contribution is -0.142. The molecule has 1 atom stereocenters. The van der Waals surface area contributed by atoms with Crippen molar-refractivity contribution in [2.45, 2.75) is 12.6 Å². The van der Waals surface area contributed by atoms with E-state index in [9.17, 15) is 9.59 Å². The van der Waals surface area contributed by atoms with E-state index in [0.717, 1.165) is 5.56 Å². The summed E-state index contributed by atoms with van der Waals surface area (Å²) in [5.41, 5.74) is 5.91. The van der Waals surface area contributed by atoms with Crippen LogP contribution in [0.5, 0.6) is 11.5 Å². The van der Waals surface area contributed by atoms with E-state index in [4.69, 9.17) is 20.3 Å². The predicted octanol–water partition coefficient (Wildman–Crippen LogP) is -0.268. The second-order valence-electron chi connectivity index (χ2n) is 3.72. The highest BCUT2D eigenvalue weighted by Gasteiger charge is 2.20. The molecule has 1 aromatic rings. The largest absolute Gasteiger partial charge is 0.493 e. The van der Waals surface area contributed by atoms with Gasteiger partial charge in [-0.1, -0.05) is 6.07 Å². The first-order valence-electron chi connectivity index (χ1n) is 5.46. The number of amides is 1. The van der Waals surface area contributed by atoms with Crippen molar-refractivity contribution < 1.29 is 24.2 Å². The van der Waals surface area contributed by atoms with Crippen LogP contribution in [0.15, 0.2) is 18.2 Å². The lowest BCUT2D eigenvalue weighted by Gasteiger charge is -2.11. The third kappa shape index (κ3) is 3.85. The standard InChI is InChI=1S/C12H16N2O5/c1-18-8-4-3-7(5-9(8)19-2)6-14-11(15)10(13)12(16)17/h3-5,10H,6,13H2,1-2H3,(H,14,15)(H,16,17). The Morgan fingerprint density at radius 2 is 1.95 bits per heavy atom. The topological polar surface area (TPSA) is 111 Å². The molecule has 4 N–H and O–H groups in total. The summed E-state index contributed by atoms with van der Waals surface area (Å²) < 4.78 is 10.2. The number of nitrogens with two attached hydrogens (primary N) is 1. The number of hydrogen-bond donors (Lipinski definition) is 3. The molecule has 7 nitrogen and oxygen atoms in total. The van der Waals surface area contributed by atoms with Crippen molar-refractivity contribution in [2.75, 3.05) is 14.2 Å². The third-order valence-corrected chi connectivity index (χ3v) is 2.46. The minimum absolute atomic E-state index is 0.153. The first kappa shape index (κ1) is 14.8. The van der Waals surface area contributed by atoms with Crippen LogP contribution < -0.4 is 20.5 Å². The van der Waals surface area contributed by atoms with Gasteiger partial charge in [0.15, 0.2) is 17.5 Å². The van der Waals surface area contributed by atoms with E-state index in [1.165, 1.54) is 14.2 Å². The molecule has 19 heavy (non-hydrogen) atoms. The molecular weight excluding hydrogens is 252 g/mol. The fourth-order valence-electron chi connectivity index (χ4n) is 1.40. The summed E-state index contributed by atoms with van der Waals surface area (Å²) in [4.78, 5) is 21.9. The monoisotopic (exact) mass is 268 g/mol. The number of carboxylic acid groups (broad SMARTS) is 1. The van der Waals surface area contributed by atoms with E-state index < -0.39 is 17.9 Å². The normalized spacial score (nSPS) is 11.5. The molecule has 1 aromatic carbocycles. The fraction of sp³-hybridized carbons (Fsp3) is 0.333. The molecule has 0 aliphatic heterocycles. The molecule has 1 amide bonds. The van der Waals surface area contributed by atoms with Crippen LogP contribution in [0.2, 0.25) is 0 Å². The highest BCUT2D eigenvalue weighted by atomic mass is 16.5. The molecular formula is C12H16N2O5. The molecule has 0 radical (unpaired) electrons. The van der Waals surface area contributed by atoms with E-state index in [0.29, 0.717) is 11.5 Å². The maximum absolute atomic E-state index is 11.4. The van der Waals surface area contributed by atoms with Gasteiger partial charge in [0.1, 0.15) is 0 Å². The SMILES string of the molecule is COc1ccc(CNC(=O)C(N)C(=O)O)cc1OC. The zero-order chi connectivity index (χ0) is 14.4. The van der Waals surface area contributed by atoms with Crippen molar-refractivity contribution in [2.24, 2.45) is 5.73 Å². The number of nitrogens with one attached hydrogen (secondary N) is 1. The summed E-state index contributed by atoms with van der Waals surface area (Å²) in [5, 5.41) is 11.0. The first-order chi connectivity index (χ1) is 8.99. The van der Waals surface area contributed by atoms with E-state index in [1.807, 2.05) is 0 Å². The maximum Gasteiger partial charge on any atom is 0.330 e. The summed E-state index contributed by atoms with van der Waals surface area (Å²) >= 11 is 0. The highest BCUT2D eigenvalue weighted by Crippen LogP contribution is 2.27. The number of benzene rings is 1. The number of methoxy groups -OCH3 is 2. The molecule has 1 unspecified atom stereocenters. The Kier molecular flexibility index (Phi) is 5.13. The minimum Gasteiger partial charge on any atom is -0.493 e. The third-order valence-electron chi connectivity index (χ3n) is 2.46. The molecule has 0 saturated carbocycles. The Labute approximate surface area is 110 Å². The molecule has 0 spiro atoms. The van der Waals surface area contributed by atoms with Gasteiger partial charge in [-0.25, -0.2) is 4.79 Å². The predicted molar refractivity (Wildman–Crippen MR) is 67.0 cm³/mol. The molecule has 0 bridgehead atoms. The molecule has 104 valence electrons. The van der Waals surface area contributed by atoms with Gasteiger partial charge in [0.05, 0.1) is 14.2 Å². The maximum atomic E-state index is 11.4. The van der Waals surface area contributed by atoms with E-state index in [2.05, 4.69) is 5.32 Å². The van der Waals surface area contributed by atoms with Crippen LogP contribution in [-0.2, 0) is 16.1 Å². The number of carbonyl (C=O) groups excluding carboxylic acids is 1. The molecule has 1 rings (SSSR count). The van der Waals surface area contributed by atoms with Crippen molar-refractivity contribution in [3.63, 3.8) is 0 Å². The summed E-state index contributed by atoms with van der Waals surface area (Å²) in [6, 6.07) is 3.54. The van der Waals surface area contributed by atoms with Crippen molar-refractivity contribution in [1.82, 2.24) is 5.32 Å². The van der Waals surface area contributed by atoms with Gasteiger partial charge < -0.3 is 25.6 Å². The first-order valence-corrected chi connectivity index (χ1v) is 5.46. The van der Waals surface area contributed by atoms with Gasteiger partial charge in [-0.05, 0) is 17.7 Å². The number of ether oxygens (including phenoxy) is 2. The van der Waals surface area contributed by atoms with Crippen molar-refractivity contribution in [3.8, 4) is 11.5 Å². The van der Waals surface area contributed by atoms with Crippen LogP contribution in [0.3, 0.4) is 0 Å². The Bertz CT molecular complexity index is 475. The Morgan fingerprint density at radius 1 is 1.32 bits per heavy atom. The Hall–Kier alpha value is -2.28. The van der Waals surface area contributed by atoms with E-state index in [-0.39, 0.29) is 6.54 Å². The number of rotatable bonds is 6. The molecule has 0 heterocycles. The zero-order valence-corrected chi connectivity index (χ0v) is 10.7. The van der Waals surface area contributed by atoms with Gasteiger partial charge in [-0.3, -0.25) is 4.79 Å². The van der Waals surface area contributed by atoms with E-state index >= 15 is 0 Å². The molecule has 0 aliphatic rings. The Morgan fingerprint density at radius 3 is 2.47 bits per heavy atom. The van der Waals surface area contributed by atoms with E-state index in [1.54, 1.807) is 18.2 Å². The van der Waals surface area contributed by atoms with Gasteiger partial charge in [0.2, 0.25) is 5.91 Å². The second-order valence-corrected chi connectivity index (χ2v) is 3.72. The molecule has 0 aromatic heterocycles. The fourth-order valence-corrected chi connectivity index (χ4v) is 1.40. The van der Waals surface area contributed by atoms with Crippen molar-refractivity contribution in [1.29, 1.82) is 0 Å². The van der Waals surface area contributed by atoms with Crippen LogP contribution in [0, 0.1) is 0 Å². The average molecular weight is 268 g/mol. The zero-order valence-electron chi connectivity index (χ0n) is 10.7. The minimum atomic E-state index is -1.57. The summed E-state index contributed by atoms with van der Waals surface area (Å²) in [5.74, 6) is -1.02. The van der Waals surface area contributed by atoms with Crippen LogP contribution in [0.25, 0.3) is 0 Å². The van der Waals surface area contributed by atoms with Crippen LogP contribution >= 0.6 is 0 Å². The second kappa shape index (κ2) is 6.60. The van der Waals surface area contributed by atoms with Crippen LogP contribution in [0.1, 0.15) is 5.56 Å². The van der Waals surface area contributed by atoms with Gasteiger partial charge in [0.25, 0.3) is 0 Å². The van der Waals surface area contributed by atoms with Gasteiger partial charge in [0, 0.05) is 6.54 Å². The molecule has 7 heteroatoms. The van der Waals surface area contributed by atoms with Gasteiger partial charge in [-0.2, -0.15) is 0 Å². The van der Waals surface area contributed by atoms with Crippen LogP contribution in [-0.4, -0.2) is 37.2 Å². The Balaban J connectivity index is 2.68. The smallest absolute Gasteiger partial charge is 0.330 e. The number of hydrogen-bond acceptors (Lipinski definition) is 5. The lowest BCUT2D eigenvalue weighted by atomic mass is 10.2. The number of aliphatic carboxylic acids is 1.